The highest BCUT2D eigenvalue weighted by atomic mass is 16.5. The van der Waals surface area contributed by atoms with Crippen molar-refractivity contribution in [2.24, 2.45) is 0 Å². The van der Waals surface area contributed by atoms with Crippen LogP contribution in [0.15, 0.2) is 0 Å². The van der Waals surface area contributed by atoms with Crippen LogP contribution in [0, 0.1) is 0 Å². The smallest absolute Gasteiger partial charge is 0.323 e. The molecule has 0 aliphatic carbocycles. The quantitative estimate of drug-likeness (QED) is 0.672. The predicted molar refractivity (Wildman–Crippen MR) is 74.4 cm³/mol. The van der Waals surface area contributed by atoms with Gasteiger partial charge in [0.1, 0.15) is 0 Å². The van der Waals surface area contributed by atoms with Crippen LogP contribution in [0.3, 0.4) is 0 Å². The number of nitrogen functional groups attached to an aromatic ring is 1. The van der Waals surface area contributed by atoms with E-state index in [4.69, 9.17) is 15.2 Å². The fourth-order valence-corrected chi connectivity index (χ4v) is 1.48. The lowest BCUT2D eigenvalue weighted by molar-refractivity contribution is 0.153. The zero-order valence-corrected chi connectivity index (χ0v) is 11.9. The van der Waals surface area contributed by atoms with Crippen molar-refractivity contribution in [3.63, 3.8) is 0 Å². The van der Waals surface area contributed by atoms with Crippen molar-refractivity contribution >= 4 is 11.9 Å². The summed E-state index contributed by atoms with van der Waals surface area (Å²) in [6.07, 6.45) is 0.892. The molecule has 0 aliphatic heterocycles. The van der Waals surface area contributed by atoms with Crippen molar-refractivity contribution in [1.29, 1.82) is 0 Å². The monoisotopic (exact) mass is 269 g/mol. The van der Waals surface area contributed by atoms with Gasteiger partial charge in [0.15, 0.2) is 0 Å². The lowest BCUT2D eigenvalue weighted by Crippen LogP contribution is -2.29. The minimum absolute atomic E-state index is 0.172. The normalized spacial score (nSPS) is 10.5. The molecule has 0 fully saturated rings. The van der Waals surface area contributed by atoms with E-state index < -0.39 is 0 Å². The lowest BCUT2D eigenvalue weighted by atomic mass is 10.5. The van der Waals surface area contributed by atoms with Crippen LogP contribution < -0.4 is 15.4 Å². The Morgan fingerprint density at radius 3 is 2.53 bits per heavy atom. The first-order valence-corrected chi connectivity index (χ1v) is 6.68. The van der Waals surface area contributed by atoms with Crippen LogP contribution in [-0.2, 0) is 4.74 Å². The molecular formula is C12H23N5O2. The molecule has 7 heteroatoms. The average Bonchev–Trinajstić information content (AvgIpc) is 2.41. The van der Waals surface area contributed by atoms with Crippen molar-refractivity contribution in [2.45, 2.75) is 27.2 Å². The van der Waals surface area contributed by atoms with Gasteiger partial charge < -0.3 is 20.1 Å². The molecule has 0 spiro atoms. The Bertz CT molecular complexity index is 375. The molecule has 108 valence electrons. The molecule has 0 saturated heterocycles. The molecule has 0 atom stereocenters. The molecule has 1 rings (SSSR count). The Kier molecular flexibility index (Phi) is 6.88. The third-order valence-corrected chi connectivity index (χ3v) is 2.43. The first kappa shape index (κ1) is 15.4. The number of hydrogen-bond acceptors (Lipinski definition) is 7. The van der Waals surface area contributed by atoms with Gasteiger partial charge in [-0.15, -0.1) is 0 Å². The van der Waals surface area contributed by atoms with E-state index in [-0.39, 0.29) is 12.0 Å². The molecule has 19 heavy (non-hydrogen) atoms. The molecular weight excluding hydrogens is 246 g/mol. The van der Waals surface area contributed by atoms with Gasteiger partial charge in [-0.25, -0.2) is 0 Å². The predicted octanol–water partition coefficient (Wildman–Crippen LogP) is 1.11. The number of ether oxygens (including phenoxy) is 2. The van der Waals surface area contributed by atoms with Gasteiger partial charge in [-0.3, -0.25) is 0 Å². The number of anilines is 2. The number of hydrogen-bond donors (Lipinski definition) is 1. The molecule has 0 aliphatic rings. The van der Waals surface area contributed by atoms with Gasteiger partial charge in [0.25, 0.3) is 0 Å². The van der Waals surface area contributed by atoms with Crippen molar-refractivity contribution in [1.82, 2.24) is 15.0 Å². The van der Waals surface area contributed by atoms with E-state index >= 15 is 0 Å². The summed E-state index contributed by atoms with van der Waals surface area (Å²) in [5.41, 5.74) is 5.68. The minimum atomic E-state index is 0.172. The maximum absolute atomic E-state index is 5.68. The number of rotatable bonds is 9. The summed E-state index contributed by atoms with van der Waals surface area (Å²) >= 11 is 0. The van der Waals surface area contributed by atoms with Crippen molar-refractivity contribution in [2.75, 3.05) is 43.5 Å². The van der Waals surface area contributed by atoms with Gasteiger partial charge in [0.05, 0.1) is 13.2 Å². The molecule has 0 radical (unpaired) electrons. The zero-order chi connectivity index (χ0) is 14.1. The van der Waals surface area contributed by atoms with Crippen LogP contribution in [0.5, 0.6) is 6.01 Å². The SMILES string of the molecule is CCCOc1nc(N)nc(N(CC)CCOCC)n1. The van der Waals surface area contributed by atoms with Crippen LogP contribution in [0.1, 0.15) is 27.2 Å². The molecule has 0 amide bonds. The first-order valence-electron chi connectivity index (χ1n) is 6.68. The van der Waals surface area contributed by atoms with Crippen molar-refractivity contribution in [3.05, 3.63) is 0 Å². The molecule has 2 N–H and O–H groups in total. The average molecular weight is 269 g/mol. The van der Waals surface area contributed by atoms with E-state index in [1.807, 2.05) is 25.7 Å². The van der Waals surface area contributed by atoms with E-state index in [1.54, 1.807) is 0 Å². The topological polar surface area (TPSA) is 86.4 Å². The first-order chi connectivity index (χ1) is 9.21. The van der Waals surface area contributed by atoms with E-state index in [0.29, 0.717) is 32.3 Å². The summed E-state index contributed by atoms with van der Waals surface area (Å²) in [6.45, 7) is 9.37. The molecule has 0 unspecified atom stereocenters. The second-order valence-electron chi connectivity index (χ2n) is 3.90. The third kappa shape index (κ3) is 5.25. The highest BCUT2D eigenvalue weighted by Gasteiger charge is 2.11. The van der Waals surface area contributed by atoms with Gasteiger partial charge in [-0.1, -0.05) is 6.92 Å². The molecule has 1 heterocycles. The van der Waals surface area contributed by atoms with E-state index in [1.165, 1.54) is 0 Å². The summed E-state index contributed by atoms with van der Waals surface area (Å²) in [5, 5.41) is 0. The molecule has 7 nitrogen and oxygen atoms in total. The summed E-state index contributed by atoms with van der Waals surface area (Å²) in [5.74, 6) is 0.701. The molecule has 0 bridgehead atoms. The third-order valence-electron chi connectivity index (χ3n) is 2.43. The number of aromatic nitrogens is 3. The van der Waals surface area contributed by atoms with Gasteiger partial charge >= 0.3 is 6.01 Å². The Morgan fingerprint density at radius 1 is 1.11 bits per heavy atom. The van der Waals surface area contributed by atoms with Crippen molar-refractivity contribution in [3.8, 4) is 6.01 Å². The van der Waals surface area contributed by atoms with Gasteiger partial charge in [-0.2, -0.15) is 15.0 Å². The Hall–Kier alpha value is -1.63. The molecule has 0 saturated carbocycles. The van der Waals surface area contributed by atoms with E-state index in [9.17, 15) is 0 Å². The van der Waals surface area contributed by atoms with Crippen LogP contribution >= 0.6 is 0 Å². The zero-order valence-electron chi connectivity index (χ0n) is 11.9. The van der Waals surface area contributed by atoms with Gasteiger partial charge in [0, 0.05) is 19.7 Å². The molecule has 1 aromatic heterocycles. The molecule has 1 aromatic rings. The summed E-state index contributed by atoms with van der Waals surface area (Å²) in [6, 6.07) is 0.277. The summed E-state index contributed by atoms with van der Waals surface area (Å²) < 4.78 is 10.7. The van der Waals surface area contributed by atoms with Crippen LogP contribution in [-0.4, -0.2) is 47.9 Å². The van der Waals surface area contributed by atoms with Gasteiger partial charge in [-0.05, 0) is 20.3 Å². The Balaban J connectivity index is 2.75. The lowest BCUT2D eigenvalue weighted by Gasteiger charge is -2.20. The number of nitrogens with two attached hydrogens (primary N) is 1. The highest BCUT2D eigenvalue weighted by molar-refractivity contribution is 5.35. The van der Waals surface area contributed by atoms with Crippen LogP contribution in [0.4, 0.5) is 11.9 Å². The summed E-state index contributed by atoms with van der Waals surface area (Å²) in [7, 11) is 0. The second kappa shape index (κ2) is 8.47. The number of likely N-dealkylation sites (N-methyl/N-ethyl adjacent to an activating group) is 1. The molecule has 0 aromatic carbocycles. The largest absolute Gasteiger partial charge is 0.463 e. The fourth-order valence-electron chi connectivity index (χ4n) is 1.48. The number of nitrogens with zero attached hydrogens (tertiary/aromatic N) is 4. The second-order valence-corrected chi connectivity index (χ2v) is 3.90. The van der Waals surface area contributed by atoms with Crippen molar-refractivity contribution < 1.29 is 9.47 Å². The van der Waals surface area contributed by atoms with E-state index in [2.05, 4.69) is 15.0 Å². The van der Waals surface area contributed by atoms with Crippen LogP contribution in [0.25, 0.3) is 0 Å². The van der Waals surface area contributed by atoms with Gasteiger partial charge in [0.2, 0.25) is 11.9 Å². The Labute approximate surface area is 114 Å². The standard InChI is InChI=1S/C12H23N5O2/c1-4-8-19-12-15-10(13)14-11(16-12)17(5-2)7-9-18-6-3/h4-9H2,1-3H3,(H2,13,14,15,16). The Morgan fingerprint density at radius 2 is 1.89 bits per heavy atom. The highest BCUT2D eigenvalue weighted by Crippen LogP contribution is 2.13. The van der Waals surface area contributed by atoms with Crippen LogP contribution in [0.2, 0.25) is 0 Å². The fraction of sp³-hybridized carbons (Fsp3) is 0.750. The maximum Gasteiger partial charge on any atom is 0.323 e. The van der Waals surface area contributed by atoms with E-state index in [0.717, 1.165) is 13.0 Å². The maximum atomic E-state index is 5.68. The summed E-state index contributed by atoms with van der Waals surface area (Å²) in [4.78, 5) is 14.3. The minimum Gasteiger partial charge on any atom is -0.463 e.